The van der Waals surface area contributed by atoms with Crippen molar-refractivity contribution in [2.24, 2.45) is 0 Å². The van der Waals surface area contributed by atoms with Gasteiger partial charge in [-0.2, -0.15) is 9.97 Å². The average molecular weight is 444 g/mol. The third kappa shape index (κ3) is 5.08. The van der Waals surface area contributed by atoms with Gasteiger partial charge < -0.3 is 18.7 Å². The molecule has 12 nitrogen and oxygen atoms in total. The molecule has 32 heavy (non-hydrogen) atoms. The number of hydroxylamine groups is 4. The first kappa shape index (κ1) is 21.8. The number of aromatic nitrogens is 4. The molecule has 0 bridgehead atoms. The van der Waals surface area contributed by atoms with Gasteiger partial charge in [0.05, 0.1) is 13.1 Å². The second-order valence-corrected chi connectivity index (χ2v) is 7.26. The molecule has 0 N–H and O–H groups in total. The minimum Gasteiger partial charge on any atom is -0.359 e. The maximum atomic E-state index is 12.3. The predicted molar refractivity (Wildman–Crippen MR) is 108 cm³/mol. The molecule has 2 aliphatic rings. The van der Waals surface area contributed by atoms with E-state index in [1.54, 1.807) is 0 Å². The van der Waals surface area contributed by atoms with Crippen LogP contribution in [0.15, 0.2) is 21.2 Å². The van der Waals surface area contributed by atoms with Gasteiger partial charge in [0.15, 0.2) is 11.6 Å². The van der Waals surface area contributed by atoms with Crippen molar-refractivity contribution in [3.63, 3.8) is 0 Å². The molecule has 0 saturated heterocycles. The van der Waals surface area contributed by atoms with Gasteiger partial charge >= 0.3 is 11.9 Å². The Morgan fingerprint density at radius 1 is 0.844 bits per heavy atom. The quantitative estimate of drug-likeness (QED) is 0.595. The van der Waals surface area contributed by atoms with Gasteiger partial charge in [-0.15, -0.1) is 10.1 Å². The average Bonchev–Trinajstić information content (AvgIpc) is 3.49. The molecule has 0 radical (unpaired) electrons. The molecule has 4 heterocycles. The first-order valence-corrected chi connectivity index (χ1v) is 10.5. The first-order valence-electron chi connectivity index (χ1n) is 10.5. The fourth-order valence-corrected chi connectivity index (χ4v) is 3.26. The zero-order valence-corrected chi connectivity index (χ0v) is 17.9. The van der Waals surface area contributed by atoms with E-state index >= 15 is 0 Å². The third-order valence-electron chi connectivity index (χ3n) is 4.94. The standard InChI is InChI=1S/C20H24N6O6/c1-3-15-21-17(29-23-15)13-7-5-9-25(11-13)31-19(27)20(28)32-26-10-6-8-14(12-26)18-22-16(4-2)24-30-18/h7-8H,3-6,9-12H2,1-2H3. The second kappa shape index (κ2) is 9.83. The van der Waals surface area contributed by atoms with Crippen molar-refractivity contribution in [1.29, 1.82) is 0 Å². The highest BCUT2D eigenvalue weighted by atomic mass is 16.8. The summed E-state index contributed by atoms with van der Waals surface area (Å²) in [6.07, 6.45) is 6.40. The summed E-state index contributed by atoms with van der Waals surface area (Å²) in [6, 6.07) is 0. The summed E-state index contributed by atoms with van der Waals surface area (Å²) in [7, 11) is 0. The molecule has 2 aromatic rings. The van der Waals surface area contributed by atoms with Gasteiger partial charge in [-0.3, -0.25) is 0 Å². The van der Waals surface area contributed by atoms with Crippen molar-refractivity contribution in [2.75, 3.05) is 26.2 Å². The van der Waals surface area contributed by atoms with Crippen molar-refractivity contribution >= 4 is 23.1 Å². The van der Waals surface area contributed by atoms with Crippen molar-refractivity contribution < 1.29 is 28.3 Å². The molecule has 0 saturated carbocycles. The molecular formula is C20H24N6O6. The van der Waals surface area contributed by atoms with Crippen LogP contribution in [-0.4, -0.2) is 68.5 Å². The van der Waals surface area contributed by atoms with E-state index in [1.807, 2.05) is 26.0 Å². The summed E-state index contributed by atoms with van der Waals surface area (Å²) in [5.74, 6) is -0.253. The maximum Gasteiger partial charge on any atom is 0.438 e. The van der Waals surface area contributed by atoms with E-state index in [2.05, 4.69) is 20.3 Å². The summed E-state index contributed by atoms with van der Waals surface area (Å²) >= 11 is 0. The molecule has 170 valence electrons. The lowest BCUT2D eigenvalue weighted by atomic mass is 10.1. The van der Waals surface area contributed by atoms with E-state index < -0.39 is 11.9 Å². The Hall–Kier alpha value is -3.38. The van der Waals surface area contributed by atoms with Gasteiger partial charge in [0.2, 0.25) is 0 Å². The number of hydrogen-bond donors (Lipinski definition) is 0. The van der Waals surface area contributed by atoms with Crippen LogP contribution in [0.5, 0.6) is 0 Å². The maximum absolute atomic E-state index is 12.3. The fraction of sp³-hybridized carbons (Fsp3) is 0.500. The van der Waals surface area contributed by atoms with Crippen molar-refractivity contribution in [3.05, 3.63) is 35.6 Å². The molecule has 2 aromatic heterocycles. The normalized spacial score (nSPS) is 17.6. The molecular weight excluding hydrogens is 420 g/mol. The van der Waals surface area contributed by atoms with Gasteiger partial charge in [-0.1, -0.05) is 36.3 Å². The molecule has 0 fully saturated rings. The number of rotatable bonds is 6. The van der Waals surface area contributed by atoms with Crippen LogP contribution >= 0.6 is 0 Å². The topological polar surface area (TPSA) is 137 Å². The van der Waals surface area contributed by atoms with Crippen LogP contribution in [0.25, 0.3) is 11.1 Å². The van der Waals surface area contributed by atoms with E-state index in [-0.39, 0.29) is 13.1 Å². The van der Waals surface area contributed by atoms with Gasteiger partial charge in [0.1, 0.15) is 0 Å². The van der Waals surface area contributed by atoms with E-state index in [4.69, 9.17) is 18.7 Å². The number of nitrogens with zero attached hydrogens (tertiary/aromatic N) is 6. The smallest absolute Gasteiger partial charge is 0.359 e. The molecule has 0 aromatic carbocycles. The lowest BCUT2D eigenvalue weighted by Gasteiger charge is -2.26. The van der Waals surface area contributed by atoms with Gasteiger partial charge in [0.25, 0.3) is 11.8 Å². The van der Waals surface area contributed by atoms with E-state index in [9.17, 15) is 9.59 Å². The monoisotopic (exact) mass is 444 g/mol. The van der Waals surface area contributed by atoms with Gasteiger partial charge in [-0.05, 0) is 12.8 Å². The SMILES string of the molecule is CCc1noc(C2=CCCN(OC(=O)C(=O)ON3CCC=C(c4nc(CC)no4)C3)C2)n1. The zero-order valence-electron chi connectivity index (χ0n) is 17.9. The summed E-state index contributed by atoms with van der Waals surface area (Å²) in [4.78, 5) is 43.6. The number of hydrogen-bond acceptors (Lipinski definition) is 12. The molecule has 0 amide bonds. The Labute approximate surface area is 183 Å². The molecule has 2 aliphatic heterocycles. The van der Waals surface area contributed by atoms with Crippen LogP contribution in [0, 0.1) is 0 Å². The van der Waals surface area contributed by atoms with E-state index in [1.165, 1.54) is 10.1 Å². The van der Waals surface area contributed by atoms with Crippen molar-refractivity contribution in [3.8, 4) is 0 Å². The summed E-state index contributed by atoms with van der Waals surface area (Å²) in [5.41, 5.74) is 1.47. The van der Waals surface area contributed by atoms with Gasteiger partial charge in [0, 0.05) is 37.1 Å². The van der Waals surface area contributed by atoms with Crippen LogP contribution in [0.1, 0.15) is 50.1 Å². The van der Waals surface area contributed by atoms with Crippen LogP contribution in [0.3, 0.4) is 0 Å². The Morgan fingerprint density at radius 3 is 1.66 bits per heavy atom. The van der Waals surface area contributed by atoms with Crippen LogP contribution in [0.2, 0.25) is 0 Å². The second-order valence-electron chi connectivity index (χ2n) is 7.26. The van der Waals surface area contributed by atoms with Crippen LogP contribution in [-0.2, 0) is 32.1 Å². The minimum absolute atomic E-state index is 0.234. The third-order valence-corrected chi connectivity index (χ3v) is 4.94. The highest BCUT2D eigenvalue weighted by Gasteiger charge is 2.29. The summed E-state index contributed by atoms with van der Waals surface area (Å²) < 4.78 is 10.5. The van der Waals surface area contributed by atoms with E-state index in [0.29, 0.717) is 62.2 Å². The molecule has 0 atom stereocenters. The Bertz CT molecular complexity index is 959. The van der Waals surface area contributed by atoms with Crippen LogP contribution in [0.4, 0.5) is 0 Å². The Kier molecular flexibility index (Phi) is 6.71. The zero-order chi connectivity index (χ0) is 22.5. The van der Waals surface area contributed by atoms with E-state index in [0.717, 1.165) is 11.1 Å². The number of carbonyl (C=O) groups excluding carboxylic acids is 2. The predicted octanol–water partition coefficient (Wildman–Crippen LogP) is 1.37. The number of carbonyl (C=O) groups is 2. The summed E-state index contributed by atoms with van der Waals surface area (Å²) in [5, 5.41) is 10.5. The molecule has 0 unspecified atom stereocenters. The van der Waals surface area contributed by atoms with Crippen molar-refractivity contribution in [2.45, 2.75) is 39.5 Å². The first-order chi connectivity index (χ1) is 15.6. The highest BCUT2D eigenvalue weighted by molar-refractivity contribution is 6.29. The molecule has 4 rings (SSSR count). The van der Waals surface area contributed by atoms with Crippen LogP contribution < -0.4 is 0 Å². The molecule has 0 spiro atoms. The summed E-state index contributed by atoms with van der Waals surface area (Å²) in [6.45, 7) is 5.19. The lowest BCUT2D eigenvalue weighted by Crippen LogP contribution is -2.39. The largest absolute Gasteiger partial charge is 0.438 e. The molecule has 12 heteroatoms. The molecule has 0 aliphatic carbocycles. The highest BCUT2D eigenvalue weighted by Crippen LogP contribution is 2.21. The minimum atomic E-state index is -1.10. The lowest BCUT2D eigenvalue weighted by molar-refractivity contribution is -0.215. The van der Waals surface area contributed by atoms with Gasteiger partial charge in [-0.25, -0.2) is 9.59 Å². The Balaban J connectivity index is 1.29. The Morgan fingerprint density at radius 2 is 1.28 bits per heavy atom. The fourth-order valence-electron chi connectivity index (χ4n) is 3.26. The number of aryl methyl sites for hydroxylation is 2. The van der Waals surface area contributed by atoms with Crippen molar-refractivity contribution in [1.82, 2.24) is 30.4 Å².